The molecule has 3 heterocycles. The van der Waals surface area contributed by atoms with Crippen molar-refractivity contribution in [1.82, 2.24) is 19.4 Å². The summed E-state index contributed by atoms with van der Waals surface area (Å²) in [5.41, 5.74) is 8.27. The fourth-order valence-corrected chi connectivity index (χ4v) is 3.72. The normalized spacial score (nSPS) is 12.0. The second-order valence-corrected chi connectivity index (χ2v) is 7.38. The first-order valence-electron chi connectivity index (χ1n) is 9.60. The van der Waals surface area contributed by atoms with Crippen LogP contribution >= 0.6 is 0 Å². The molecule has 0 unspecified atom stereocenters. The third kappa shape index (κ3) is 3.22. The minimum atomic E-state index is -4.66. The number of aryl methyl sites for hydroxylation is 1. The van der Waals surface area contributed by atoms with Crippen LogP contribution in [-0.2, 0) is 6.18 Å². The summed E-state index contributed by atoms with van der Waals surface area (Å²) in [5.74, 6) is -0.610. The van der Waals surface area contributed by atoms with Gasteiger partial charge in [0.25, 0.3) is 0 Å². The third-order valence-corrected chi connectivity index (χ3v) is 5.27. The van der Waals surface area contributed by atoms with Gasteiger partial charge in [0.15, 0.2) is 17.2 Å². The van der Waals surface area contributed by atoms with E-state index in [9.17, 15) is 17.6 Å². The summed E-state index contributed by atoms with van der Waals surface area (Å²) in [7, 11) is 0. The number of alkyl halides is 3. The highest BCUT2D eigenvalue weighted by molar-refractivity contribution is 5.90. The minimum absolute atomic E-state index is 0.110. The van der Waals surface area contributed by atoms with Crippen molar-refractivity contribution in [2.45, 2.75) is 13.1 Å². The van der Waals surface area contributed by atoms with Gasteiger partial charge < -0.3 is 5.73 Å². The van der Waals surface area contributed by atoms with Crippen molar-refractivity contribution < 1.29 is 17.6 Å². The number of pyridine rings is 1. The summed E-state index contributed by atoms with van der Waals surface area (Å²) in [4.78, 5) is 12.4. The van der Waals surface area contributed by atoms with Gasteiger partial charge in [0, 0.05) is 28.9 Å². The van der Waals surface area contributed by atoms with Crippen LogP contribution in [0.2, 0.25) is 0 Å². The number of nitrogens with zero attached hydrogens (tertiary/aromatic N) is 4. The molecule has 0 aliphatic heterocycles. The van der Waals surface area contributed by atoms with Gasteiger partial charge in [-0.05, 0) is 55.0 Å². The average molecular weight is 437 g/mol. The summed E-state index contributed by atoms with van der Waals surface area (Å²) < 4.78 is 55.1. The van der Waals surface area contributed by atoms with Gasteiger partial charge in [-0.3, -0.25) is 9.38 Å². The van der Waals surface area contributed by atoms with Crippen LogP contribution in [0.15, 0.2) is 60.9 Å². The standard InChI is InChI=1S/C23H15F4N5/c1-12-8-9-29-17-7-4-14(10-16(12)17)20-19(13-2-5-15(24)6-3-13)31-21(28)22-30-18(11-32(20)22)23(25,26)27/h2-11H,1H3,(H2,28,31). The molecule has 0 fully saturated rings. The number of hydrogen-bond donors (Lipinski definition) is 1. The molecule has 5 aromatic rings. The molecule has 3 aromatic heterocycles. The first-order chi connectivity index (χ1) is 15.2. The Balaban J connectivity index is 1.89. The van der Waals surface area contributed by atoms with Crippen LogP contribution in [0.3, 0.4) is 0 Å². The van der Waals surface area contributed by atoms with Gasteiger partial charge in [-0.15, -0.1) is 0 Å². The summed E-state index contributed by atoms with van der Waals surface area (Å²) in [6.45, 7) is 1.92. The summed E-state index contributed by atoms with van der Waals surface area (Å²) >= 11 is 0. The molecule has 0 aliphatic carbocycles. The van der Waals surface area contributed by atoms with Crippen molar-refractivity contribution in [3.63, 3.8) is 0 Å². The van der Waals surface area contributed by atoms with E-state index < -0.39 is 17.7 Å². The lowest BCUT2D eigenvalue weighted by atomic mass is 10.0. The largest absolute Gasteiger partial charge is 0.434 e. The average Bonchev–Trinajstić information content (AvgIpc) is 3.21. The molecule has 0 saturated carbocycles. The molecule has 5 rings (SSSR count). The van der Waals surface area contributed by atoms with E-state index in [1.54, 1.807) is 18.3 Å². The van der Waals surface area contributed by atoms with Gasteiger partial charge in [-0.1, -0.05) is 6.07 Å². The Labute approximate surface area is 179 Å². The predicted molar refractivity (Wildman–Crippen MR) is 113 cm³/mol. The van der Waals surface area contributed by atoms with E-state index in [1.165, 1.54) is 28.7 Å². The van der Waals surface area contributed by atoms with Crippen molar-refractivity contribution in [1.29, 1.82) is 0 Å². The predicted octanol–water partition coefficient (Wildman–Crippen LogP) is 5.66. The number of anilines is 1. The Bertz CT molecular complexity index is 1490. The van der Waals surface area contributed by atoms with Crippen LogP contribution in [0, 0.1) is 12.7 Å². The molecule has 2 aromatic carbocycles. The number of imidazole rings is 1. The lowest BCUT2D eigenvalue weighted by Crippen LogP contribution is -2.04. The number of nitrogen functional groups attached to an aromatic ring is 1. The van der Waals surface area contributed by atoms with Gasteiger partial charge in [-0.2, -0.15) is 13.2 Å². The molecular weight excluding hydrogens is 422 g/mol. The number of hydrogen-bond acceptors (Lipinski definition) is 4. The van der Waals surface area contributed by atoms with E-state index in [2.05, 4.69) is 15.0 Å². The van der Waals surface area contributed by atoms with E-state index in [4.69, 9.17) is 5.73 Å². The number of benzene rings is 2. The highest BCUT2D eigenvalue weighted by Gasteiger charge is 2.35. The van der Waals surface area contributed by atoms with Gasteiger partial charge in [-0.25, -0.2) is 14.4 Å². The maximum absolute atomic E-state index is 13.5. The Morgan fingerprint density at radius 1 is 0.938 bits per heavy atom. The molecule has 32 heavy (non-hydrogen) atoms. The molecule has 5 nitrogen and oxygen atoms in total. The molecule has 0 aliphatic rings. The lowest BCUT2D eigenvalue weighted by molar-refractivity contribution is -0.140. The zero-order valence-corrected chi connectivity index (χ0v) is 16.7. The Hall–Kier alpha value is -4.01. The topological polar surface area (TPSA) is 69.1 Å². The number of nitrogens with two attached hydrogens (primary N) is 1. The third-order valence-electron chi connectivity index (χ3n) is 5.27. The molecule has 0 amide bonds. The van der Waals surface area contributed by atoms with E-state index in [0.717, 1.165) is 22.7 Å². The Kier molecular flexibility index (Phi) is 4.37. The van der Waals surface area contributed by atoms with Crippen LogP contribution in [0.4, 0.5) is 23.4 Å². The van der Waals surface area contributed by atoms with Crippen molar-refractivity contribution in [3.05, 3.63) is 78.0 Å². The zero-order chi connectivity index (χ0) is 22.6. The number of halogens is 4. The second-order valence-electron chi connectivity index (χ2n) is 7.38. The van der Waals surface area contributed by atoms with Crippen LogP contribution in [0.5, 0.6) is 0 Å². The fraction of sp³-hybridized carbons (Fsp3) is 0.0870. The highest BCUT2D eigenvalue weighted by atomic mass is 19.4. The molecular formula is C23H15F4N5. The maximum atomic E-state index is 13.5. The number of rotatable bonds is 2. The van der Waals surface area contributed by atoms with Crippen LogP contribution in [0.25, 0.3) is 39.1 Å². The lowest BCUT2D eigenvalue weighted by Gasteiger charge is -2.14. The SMILES string of the molecule is Cc1ccnc2ccc(-c3c(-c4ccc(F)cc4)nc(N)c4nc(C(F)(F)F)cn34)cc12. The van der Waals surface area contributed by atoms with Crippen molar-refractivity contribution >= 4 is 22.4 Å². The van der Waals surface area contributed by atoms with Crippen LogP contribution in [-0.4, -0.2) is 19.4 Å². The fourth-order valence-electron chi connectivity index (χ4n) is 3.72. The zero-order valence-electron chi connectivity index (χ0n) is 16.7. The van der Waals surface area contributed by atoms with Gasteiger partial charge >= 0.3 is 6.18 Å². The Morgan fingerprint density at radius 2 is 1.66 bits per heavy atom. The Morgan fingerprint density at radius 3 is 2.38 bits per heavy atom. The molecule has 0 spiro atoms. The monoisotopic (exact) mass is 437 g/mol. The second kappa shape index (κ2) is 7.01. The molecule has 9 heteroatoms. The maximum Gasteiger partial charge on any atom is 0.434 e. The summed E-state index contributed by atoms with van der Waals surface area (Å²) in [6.07, 6.45) is -2.07. The van der Waals surface area contributed by atoms with Crippen molar-refractivity contribution in [2.75, 3.05) is 5.73 Å². The first kappa shape index (κ1) is 19.9. The molecule has 0 atom stereocenters. The van der Waals surface area contributed by atoms with Gasteiger partial charge in [0.1, 0.15) is 5.82 Å². The van der Waals surface area contributed by atoms with E-state index in [-0.39, 0.29) is 11.5 Å². The quantitative estimate of drug-likeness (QED) is 0.362. The van der Waals surface area contributed by atoms with Gasteiger partial charge in [0.2, 0.25) is 0 Å². The minimum Gasteiger partial charge on any atom is -0.381 e. The summed E-state index contributed by atoms with van der Waals surface area (Å²) in [6, 6.07) is 12.7. The van der Waals surface area contributed by atoms with Crippen molar-refractivity contribution in [3.8, 4) is 22.5 Å². The van der Waals surface area contributed by atoms with Crippen LogP contribution in [0.1, 0.15) is 11.3 Å². The highest BCUT2D eigenvalue weighted by Crippen LogP contribution is 2.37. The van der Waals surface area contributed by atoms with E-state index >= 15 is 0 Å². The van der Waals surface area contributed by atoms with E-state index in [1.807, 2.05) is 19.1 Å². The number of fused-ring (bicyclic) bond motifs is 2. The molecule has 2 N–H and O–H groups in total. The van der Waals surface area contributed by atoms with Crippen LogP contribution < -0.4 is 5.73 Å². The van der Waals surface area contributed by atoms with Gasteiger partial charge in [0.05, 0.1) is 16.9 Å². The molecule has 0 bridgehead atoms. The molecule has 160 valence electrons. The molecule has 0 saturated heterocycles. The number of aromatic nitrogens is 4. The first-order valence-corrected chi connectivity index (χ1v) is 9.60. The molecule has 0 radical (unpaired) electrons. The smallest absolute Gasteiger partial charge is 0.381 e. The van der Waals surface area contributed by atoms with Crippen molar-refractivity contribution in [2.24, 2.45) is 0 Å². The summed E-state index contributed by atoms with van der Waals surface area (Å²) in [5, 5.41) is 0.844. The van der Waals surface area contributed by atoms with E-state index in [0.29, 0.717) is 22.5 Å².